The van der Waals surface area contributed by atoms with Gasteiger partial charge >= 0.3 is 6.18 Å². The van der Waals surface area contributed by atoms with Gasteiger partial charge in [-0.15, -0.1) is 11.6 Å². The molecule has 0 fully saturated rings. The quantitative estimate of drug-likeness (QED) is 0.793. The number of sulfone groups is 1. The van der Waals surface area contributed by atoms with Gasteiger partial charge in [-0.3, -0.25) is 0 Å². The van der Waals surface area contributed by atoms with Gasteiger partial charge in [0.15, 0.2) is 14.9 Å². The largest absolute Gasteiger partial charge is 0.433 e. The molecule has 8 heteroatoms. The SMILES string of the molecule is O=S(=O)(CCCl)c1cccc(C(F)(F)F)n1. The van der Waals surface area contributed by atoms with E-state index in [1.165, 1.54) is 0 Å². The van der Waals surface area contributed by atoms with E-state index in [9.17, 15) is 21.6 Å². The molecule has 0 bridgehead atoms. The Morgan fingerprint density at radius 2 is 1.94 bits per heavy atom. The zero-order valence-corrected chi connectivity index (χ0v) is 9.40. The highest BCUT2D eigenvalue weighted by atomic mass is 35.5. The summed E-state index contributed by atoms with van der Waals surface area (Å²) in [5.74, 6) is -0.636. The van der Waals surface area contributed by atoms with Gasteiger partial charge in [0.05, 0.1) is 5.75 Å². The summed E-state index contributed by atoms with van der Waals surface area (Å²) in [7, 11) is -3.84. The van der Waals surface area contributed by atoms with E-state index in [1.807, 2.05) is 0 Å². The molecule has 1 rings (SSSR count). The maximum Gasteiger partial charge on any atom is 0.433 e. The van der Waals surface area contributed by atoms with Gasteiger partial charge in [0.1, 0.15) is 5.69 Å². The van der Waals surface area contributed by atoms with Gasteiger partial charge in [0, 0.05) is 5.88 Å². The molecule has 0 aliphatic heterocycles. The smallest absolute Gasteiger partial charge is 0.232 e. The molecule has 0 N–H and O–H groups in total. The summed E-state index contributed by atoms with van der Waals surface area (Å²) in [5.41, 5.74) is -1.23. The van der Waals surface area contributed by atoms with E-state index in [-0.39, 0.29) is 5.88 Å². The molecule has 0 aliphatic carbocycles. The van der Waals surface area contributed by atoms with Crippen molar-refractivity contribution in [2.24, 2.45) is 0 Å². The lowest BCUT2D eigenvalue weighted by atomic mass is 10.3. The van der Waals surface area contributed by atoms with E-state index in [0.717, 1.165) is 12.1 Å². The van der Waals surface area contributed by atoms with Crippen molar-refractivity contribution in [3.8, 4) is 0 Å². The second-order valence-corrected chi connectivity index (χ2v) is 5.30. The van der Waals surface area contributed by atoms with Gasteiger partial charge in [-0.05, 0) is 12.1 Å². The van der Waals surface area contributed by atoms with Crippen LogP contribution in [0.2, 0.25) is 0 Å². The van der Waals surface area contributed by atoms with Gasteiger partial charge in [0.2, 0.25) is 0 Å². The van der Waals surface area contributed by atoms with Crippen LogP contribution in [0, 0.1) is 0 Å². The van der Waals surface area contributed by atoms with Crippen molar-refractivity contribution < 1.29 is 21.6 Å². The van der Waals surface area contributed by atoms with E-state index in [0.29, 0.717) is 6.07 Å². The highest BCUT2D eigenvalue weighted by Gasteiger charge is 2.33. The van der Waals surface area contributed by atoms with Crippen molar-refractivity contribution in [3.05, 3.63) is 23.9 Å². The van der Waals surface area contributed by atoms with Crippen LogP contribution in [0.25, 0.3) is 0 Å². The topological polar surface area (TPSA) is 47.0 Å². The lowest BCUT2D eigenvalue weighted by Crippen LogP contribution is -2.14. The highest BCUT2D eigenvalue weighted by Crippen LogP contribution is 2.28. The van der Waals surface area contributed by atoms with Gasteiger partial charge in [-0.1, -0.05) is 6.07 Å². The minimum absolute atomic E-state index is 0.194. The number of aromatic nitrogens is 1. The monoisotopic (exact) mass is 273 g/mol. The molecular formula is C8H7ClF3NO2S. The zero-order chi connectivity index (χ0) is 12.4. The van der Waals surface area contributed by atoms with Crippen LogP contribution in [0.15, 0.2) is 23.2 Å². The van der Waals surface area contributed by atoms with E-state index in [2.05, 4.69) is 4.98 Å². The fourth-order valence-electron chi connectivity index (χ4n) is 0.952. The number of hydrogen-bond donors (Lipinski definition) is 0. The maximum absolute atomic E-state index is 12.3. The number of nitrogens with zero attached hydrogens (tertiary/aromatic N) is 1. The molecule has 0 aliphatic rings. The zero-order valence-electron chi connectivity index (χ0n) is 7.83. The third kappa shape index (κ3) is 3.08. The molecule has 3 nitrogen and oxygen atoms in total. The Kier molecular flexibility index (Phi) is 3.80. The Bertz CT molecular complexity index is 472. The lowest BCUT2D eigenvalue weighted by molar-refractivity contribution is -0.141. The summed E-state index contributed by atoms with van der Waals surface area (Å²) in [6, 6.07) is 2.72. The first-order valence-electron chi connectivity index (χ1n) is 4.10. The van der Waals surface area contributed by atoms with E-state index >= 15 is 0 Å². The fraction of sp³-hybridized carbons (Fsp3) is 0.375. The minimum atomic E-state index is -4.66. The van der Waals surface area contributed by atoms with Crippen molar-refractivity contribution in [1.29, 1.82) is 0 Å². The lowest BCUT2D eigenvalue weighted by Gasteiger charge is -2.07. The van der Waals surface area contributed by atoms with Crippen LogP contribution < -0.4 is 0 Å². The summed E-state index contributed by atoms with van der Waals surface area (Å²) < 4.78 is 59.6. The van der Waals surface area contributed by atoms with E-state index < -0.39 is 32.5 Å². The molecule has 0 aromatic carbocycles. The predicted molar refractivity (Wildman–Crippen MR) is 52.0 cm³/mol. The number of rotatable bonds is 3. The number of alkyl halides is 4. The van der Waals surface area contributed by atoms with Crippen molar-refractivity contribution in [2.75, 3.05) is 11.6 Å². The summed E-state index contributed by atoms with van der Waals surface area (Å²) in [6.45, 7) is 0. The first-order chi connectivity index (χ1) is 7.27. The molecule has 0 spiro atoms. The molecule has 0 amide bonds. The van der Waals surface area contributed by atoms with Crippen LogP contribution in [-0.4, -0.2) is 25.0 Å². The maximum atomic E-state index is 12.3. The highest BCUT2D eigenvalue weighted by molar-refractivity contribution is 7.91. The molecule has 0 saturated heterocycles. The Hall–Kier alpha value is -0.820. The van der Waals surface area contributed by atoms with Crippen LogP contribution in [-0.2, 0) is 16.0 Å². The van der Waals surface area contributed by atoms with Crippen molar-refractivity contribution in [3.63, 3.8) is 0 Å². The average molecular weight is 274 g/mol. The van der Waals surface area contributed by atoms with Gasteiger partial charge in [-0.2, -0.15) is 13.2 Å². The van der Waals surface area contributed by atoms with E-state index in [4.69, 9.17) is 11.6 Å². The fourth-order valence-corrected chi connectivity index (χ4v) is 2.50. The second kappa shape index (κ2) is 4.58. The Morgan fingerprint density at radius 3 is 2.44 bits per heavy atom. The first kappa shape index (κ1) is 13.2. The average Bonchev–Trinajstić information content (AvgIpc) is 2.16. The summed E-state index contributed by atoms with van der Waals surface area (Å²) in [6.07, 6.45) is -4.66. The number of hydrogen-bond acceptors (Lipinski definition) is 3. The molecule has 0 radical (unpaired) electrons. The van der Waals surface area contributed by atoms with Crippen LogP contribution in [0.5, 0.6) is 0 Å². The Morgan fingerprint density at radius 1 is 1.31 bits per heavy atom. The van der Waals surface area contributed by atoms with Crippen molar-refractivity contribution >= 4 is 21.4 Å². The molecule has 90 valence electrons. The first-order valence-corrected chi connectivity index (χ1v) is 6.29. The molecule has 0 saturated carbocycles. The van der Waals surface area contributed by atoms with E-state index in [1.54, 1.807) is 0 Å². The van der Waals surface area contributed by atoms with Gasteiger partial charge in [0.25, 0.3) is 0 Å². The summed E-state index contributed by atoms with van der Waals surface area (Å²) >= 11 is 5.24. The number of halogens is 4. The van der Waals surface area contributed by atoms with Crippen molar-refractivity contribution in [2.45, 2.75) is 11.2 Å². The third-order valence-corrected chi connectivity index (χ3v) is 3.70. The van der Waals surface area contributed by atoms with Crippen molar-refractivity contribution in [1.82, 2.24) is 4.98 Å². The normalized spacial score (nSPS) is 12.8. The van der Waals surface area contributed by atoms with Crippen LogP contribution in [0.4, 0.5) is 13.2 Å². The van der Waals surface area contributed by atoms with Crippen LogP contribution in [0.3, 0.4) is 0 Å². The predicted octanol–water partition coefficient (Wildman–Crippen LogP) is 2.11. The molecule has 16 heavy (non-hydrogen) atoms. The molecular weight excluding hydrogens is 267 g/mol. The molecule has 0 atom stereocenters. The molecule has 0 unspecified atom stereocenters. The molecule has 1 heterocycles. The Labute approximate surface area is 95.2 Å². The number of pyridine rings is 1. The van der Waals surface area contributed by atoms with Crippen LogP contribution in [0.1, 0.15) is 5.69 Å². The second-order valence-electron chi connectivity index (χ2n) is 2.87. The Balaban J connectivity index is 3.19. The summed E-state index contributed by atoms with van der Waals surface area (Å²) in [4.78, 5) is 3.06. The summed E-state index contributed by atoms with van der Waals surface area (Å²) in [5, 5.41) is -0.608. The third-order valence-electron chi connectivity index (χ3n) is 1.68. The molecule has 1 aromatic rings. The molecule has 1 aromatic heterocycles. The minimum Gasteiger partial charge on any atom is -0.232 e. The van der Waals surface area contributed by atoms with Gasteiger partial charge < -0.3 is 0 Å². The standard InChI is InChI=1S/C8H7ClF3NO2S/c9-4-5-16(14,15)7-3-1-2-6(13-7)8(10,11)12/h1-3H,4-5H2. The van der Waals surface area contributed by atoms with Crippen LogP contribution >= 0.6 is 11.6 Å². The van der Waals surface area contributed by atoms with Gasteiger partial charge in [-0.25, -0.2) is 13.4 Å².